The van der Waals surface area contributed by atoms with Crippen molar-refractivity contribution in [1.82, 2.24) is 0 Å². The third-order valence-corrected chi connectivity index (χ3v) is 3.29. The molecular weight excluding hydrogens is 343 g/mol. The van der Waals surface area contributed by atoms with Crippen LogP contribution >= 0.6 is 0 Å². The van der Waals surface area contributed by atoms with E-state index in [9.17, 15) is 19.2 Å². The van der Waals surface area contributed by atoms with Crippen LogP contribution < -0.4 is 0 Å². The molecule has 0 aromatic heterocycles. The molecule has 0 heterocycles. The number of carbonyl (C=O) groups is 4. The first-order valence-electron chi connectivity index (χ1n) is 6.44. The standard InChI is InChI=1S/C16H10O8.Na.H/c17-13(18)9-3-1-7(5-11(9)15(21)22)8-2-4-10(14(19)20)12(6-8)16(23)24;;/h1-6H,(H,17,18)(H,19,20)(H,21,22)(H,23,24);;. The van der Waals surface area contributed by atoms with Crippen LogP contribution in [0.25, 0.3) is 11.1 Å². The first-order chi connectivity index (χ1) is 11.2. The third-order valence-electron chi connectivity index (χ3n) is 3.29. The fourth-order valence-electron chi connectivity index (χ4n) is 2.17. The van der Waals surface area contributed by atoms with Gasteiger partial charge in [-0.1, -0.05) is 12.1 Å². The van der Waals surface area contributed by atoms with Crippen LogP contribution in [-0.4, -0.2) is 73.9 Å². The quantitative estimate of drug-likeness (QED) is 0.590. The summed E-state index contributed by atoms with van der Waals surface area (Å²) in [6.07, 6.45) is 0. The second-order valence-electron chi connectivity index (χ2n) is 4.74. The van der Waals surface area contributed by atoms with Crippen LogP contribution in [0.2, 0.25) is 0 Å². The van der Waals surface area contributed by atoms with Gasteiger partial charge < -0.3 is 20.4 Å². The zero-order valence-electron chi connectivity index (χ0n) is 11.9. The molecule has 2 aromatic rings. The van der Waals surface area contributed by atoms with Gasteiger partial charge in [-0.25, -0.2) is 19.2 Å². The molecule has 4 N–H and O–H groups in total. The molecule has 0 aliphatic rings. The topological polar surface area (TPSA) is 149 Å². The maximum absolute atomic E-state index is 11.2. The average molecular weight is 354 g/mol. The normalized spacial score (nSPS) is 9.76. The summed E-state index contributed by atoms with van der Waals surface area (Å²) >= 11 is 0. The fraction of sp³-hybridized carbons (Fsp3) is 0. The van der Waals surface area contributed by atoms with E-state index in [2.05, 4.69) is 0 Å². The summed E-state index contributed by atoms with van der Waals surface area (Å²) in [4.78, 5) is 44.4. The van der Waals surface area contributed by atoms with Gasteiger partial charge in [0.2, 0.25) is 0 Å². The van der Waals surface area contributed by atoms with Gasteiger partial charge in [0.1, 0.15) is 0 Å². The number of rotatable bonds is 5. The zero-order chi connectivity index (χ0) is 18.0. The van der Waals surface area contributed by atoms with E-state index in [1.165, 1.54) is 12.1 Å². The molecule has 0 atom stereocenters. The first kappa shape index (κ1) is 20.4. The molecule has 0 saturated heterocycles. The molecule has 25 heavy (non-hydrogen) atoms. The van der Waals surface area contributed by atoms with Crippen molar-refractivity contribution in [3.05, 3.63) is 58.7 Å². The Balaban J connectivity index is 0.00000312. The van der Waals surface area contributed by atoms with Crippen molar-refractivity contribution < 1.29 is 39.6 Å². The zero-order valence-corrected chi connectivity index (χ0v) is 11.9. The summed E-state index contributed by atoms with van der Waals surface area (Å²) < 4.78 is 0. The number of hydrogen-bond acceptors (Lipinski definition) is 4. The van der Waals surface area contributed by atoms with Crippen molar-refractivity contribution in [2.24, 2.45) is 0 Å². The molecule has 0 amide bonds. The van der Waals surface area contributed by atoms with Crippen LogP contribution in [0.1, 0.15) is 41.4 Å². The Morgan fingerprint density at radius 2 is 0.800 bits per heavy atom. The Labute approximate surface area is 162 Å². The van der Waals surface area contributed by atoms with Crippen molar-refractivity contribution in [2.45, 2.75) is 0 Å². The van der Waals surface area contributed by atoms with Crippen LogP contribution in [0, 0.1) is 0 Å². The van der Waals surface area contributed by atoms with Gasteiger partial charge in [-0.2, -0.15) is 0 Å². The van der Waals surface area contributed by atoms with Crippen molar-refractivity contribution in [1.29, 1.82) is 0 Å². The molecule has 0 radical (unpaired) electrons. The number of aromatic carboxylic acids is 4. The minimum absolute atomic E-state index is 0. The van der Waals surface area contributed by atoms with Gasteiger partial charge in [0.05, 0.1) is 22.3 Å². The number of benzene rings is 2. The monoisotopic (exact) mass is 354 g/mol. The molecule has 0 aliphatic carbocycles. The first-order valence-corrected chi connectivity index (χ1v) is 6.44. The second-order valence-corrected chi connectivity index (χ2v) is 4.74. The van der Waals surface area contributed by atoms with Crippen molar-refractivity contribution in [2.75, 3.05) is 0 Å². The Morgan fingerprint density at radius 1 is 0.520 bits per heavy atom. The van der Waals surface area contributed by atoms with Gasteiger partial charge in [0.25, 0.3) is 0 Å². The Hall–Kier alpha value is -2.68. The number of carboxylic acids is 4. The van der Waals surface area contributed by atoms with E-state index in [-0.39, 0.29) is 40.7 Å². The molecular formula is C16H11NaO8. The molecule has 0 aliphatic heterocycles. The van der Waals surface area contributed by atoms with Crippen LogP contribution in [0.4, 0.5) is 0 Å². The average Bonchev–Trinajstić information content (AvgIpc) is 2.53. The van der Waals surface area contributed by atoms with Crippen molar-refractivity contribution in [3.63, 3.8) is 0 Å². The predicted molar refractivity (Wildman–Crippen MR) is 86.9 cm³/mol. The number of carboxylic acid groups (broad SMARTS) is 4. The molecule has 0 spiro atoms. The molecule has 0 bridgehead atoms. The fourth-order valence-corrected chi connectivity index (χ4v) is 2.17. The molecule has 0 saturated carbocycles. The molecule has 2 rings (SSSR count). The molecule has 9 heteroatoms. The van der Waals surface area contributed by atoms with Gasteiger partial charge in [-0.3, -0.25) is 0 Å². The summed E-state index contributed by atoms with van der Waals surface area (Å²) in [5.74, 6) is -5.72. The second kappa shape index (κ2) is 7.93. The van der Waals surface area contributed by atoms with E-state index in [0.717, 1.165) is 24.3 Å². The van der Waals surface area contributed by atoms with E-state index >= 15 is 0 Å². The summed E-state index contributed by atoms with van der Waals surface area (Å²) in [5.41, 5.74) is -1.24. The summed E-state index contributed by atoms with van der Waals surface area (Å²) in [6, 6.07) is 6.99. The minimum atomic E-state index is -1.45. The Kier molecular flexibility index (Phi) is 6.46. The van der Waals surface area contributed by atoms with E-state index in [1.54, 1.807) is 0 Å². The molecule has 0 unspecified atom stereocenters. The van der Waals surface area contributed by atoms with E-state index in [4.69, 9.17) is 20.4 Å². The Bertz CT molecular complexity index is 814. The SMILES string of the molecule is O=C(O)c1ccc(-c2ccc(C(=O)O)c(C(=O)O)c2)cc1C(=O)O.[NaH]. The third kappa shape index (κ3) is 4.24. The maximum atomic E-state index is 11.2. The molecule has 8 nitrogen and oxygen atoms in total. The number of hydrogen-bond donors (Lipinski definition) is 4. The van der Waals surface area contributed by atoms with Crippen LogP contribution in [0.5, 0.6) is 0 Å². The summed E-state index contributed by atoms with van der Waals surface area (Å²) in [6.45, 7) is 0. The van der Waals surface area contributed by atoms with Crippen LogP contribution in [-0.2, 0) is 0 Å². The van der Waals surface area contributed by atoms with Crippen molar-refractivity contribution >= 4 is 53.4 Å². The molecule has 2 aromatic carbocycles. The summed E-state index contributed by atoms with van der Waals surface area (Å²) in [7, 11) is 0. The Morgan fingerprint density at radius 3 is 1.04 bits per heavy atom. The van der Waals surface area contributed by atoms with E-state index < -0.39 is 46.1 Å². The predicted octanol–water partition coefficient (Wildman–Crippen LogP) is 1.50. The van der Waals surface area contributed by atoms with Gasteiger partial charge in [0.15, 0.2) is 0 Å². The van der Waals surface area contributed by atoms with Crippen molar-refractivity contribution in [3.8, 4) is 11.1 Å². The molecule has 0 fully saturated rings. The van der Waals surface area contributed by atoms with E-state index in [0.29, 0.717) is 0 Å². The van der Waals surface area contributed by atoms with Gasteiger partial charge in [-0.05, 0) is 35.4 Å². The van der Waals surface area contributed by atoms with Gasteiger partial charge in [0, 0.05) is 0 Å². The summed E-state index contributed by atoms with van der Waals surface area (Å²) in [5, 5.41) is 36.2. The van der Waals surface area contributed by atoms with Gasteiger partial charge >= 0.3 is 53.4 Å². The van der Waals surface area contributed by atoms with E-state index in [1.807, 2.05) is 0 Å². The van der Waals surface area contributed by atoms with Crippen LogP contribution in [0.3, 0.4) is 0 Å². The molecule has 124 valence electrons. The van der Waals surface area contributed by atoms with Gasteiger partial charge in [-0.15, -0.1) is 0 Å². The van der Waals surface area contributed by atoms with Crippen LogP contribution in [0.15, 0.2) is 36.4 Å².